The summed E-state index contributed by atoms with van der Waals surface area (Å²) in [6.45, 7) is 2.43. The molecule has 0 aliphatic carbocycles. The van der Waals surface area contributed by atoms with E-state index in [-0.39, 0.29) is 5.41 Å². The van der Waals surface area contributed by atoms with Crippen LogP contribution in [0.2, 0.25) is 0 Å². The minimum absolute atomic E-state index is 0.306. The number of unbranched alkanes of at least 4 members (excludes halogenated alkanes) is 1. The maximum Gasteiger partial charge on any atom is 0.140 e. The third kappa shape index (κ3) is 5.63. The summed E-state index contributed by atoms with van der Waals surface area (Å²) < 4.78 is 21.1. The van der Waals surface area contributed by atoms with Crippen molar-refractivity contribution in [2.75, 3.05) is 34.0 Å². The van der Waals surface area contributed by atoms with Gasteiger partial charge in [-0.15, -0.1) is 0 Å². The molecular weight excluding hydrogens is 212 g/mol. The molecule has 90 valence electrons. The molecule has 0 amide bonds. The first-order valence-electron chi connectivity index (χ1n) is 5.50. The highest BCUT2D eigenvalue weighted by Gasteiger charge is 2.23. The van der Waals surface area contributed by atoms with Crippen LogP contribution in [0, 0.1) is 0 Å². The standard InChI is InChI=1S/C10H22O4Si/c1-11-10(15,12-2)5-3-4-6-13-7-9-8-14-9/h9H,3-8H2,1-2,15H3. The third-order valence-corrected chi connectivity index (χ3v) is 4.06. The SMILES string of the molecule is COC([SiH3])(CCCCOCC1CO1)OC. The van der Waals surface area contributed by atoms with Crippen LogP contribution in [0.1, 0.15) is 19.3 Å². The fourth-order valence-electron chi connectivity index (χ4n) is 1.32. The lowest BCUT2D eigenvalue weighted by molar-refractivity contribution is -0.147. The summed E-state index contributed by atoms with van der Waals surface area (Å²) in [6.07, 6.45) is 3.47. The van der Waals surface area contributed by atoms with Gasteiger partial charge in [0, 0.05) is 20.8 Å². The minimum atomic E-state index is -0.306. The molecule has 5 heteroatoms. The number of methoxy groups -OCH3 is 2. The van der Waals surface area contributed by atoms with Gasteiger partial charge >= 0.3 is 0 Å². The van der Waals surface area contributed by atoms with Crippen molar-refractivity contribution in [3.8, 4) is 0 Å². The molecule has 0 N–H and O–H groups in total. The van der Waals surface area contributed by atoms with E-state index in [4.69, 9.17) is 18.9 Å². The van der Waals surface area contributed by atoms with E-state index >= 15 is 0 Å². The van der Waals surface area contributed by atoms with E-state index in [1.807, 2.05) is 0 Å². The van der Waals surface area contributed by atoms with Crippen molar-refractivity contribution in [1.29, 1.82) is 0 Å². The smallest absolute Gasteiger partial charge is 0.140 e. The Labute approximate surface area is 94.6 Å². The summed E-state index contributed by atoms with van der Waals surface area (Å²) in [5, 5.41) is 0. The van der Waals surface area contributed by atoms with Crippen LogP contribution >= 0.6 is 0 Å². The van der Waals surface area contributed by atoms with Crippen LogP contribution in [-0.4, -0.2) is 55.8 Å². The third-order valence-electron chi connectivity index (χ3n) is 2.74. The highest BCUT2D eigenvalue weighted by Crippen LogP contribution is 2.15. The molecular formula is C10H22O4Si. The van der Waals surface area contributed by atoms with Crippen LogP contribution in [0.25, 0.3) is 0 Å². The predicted molar refractivity (Wildman–Crippen MR) is 61.1 cm³/mol. The van der Waals surface area contributed by atoms with Crippen molar-refractivity contribution in [2.24, 2.45) is 0 Å². The maximum atomic E-state index is 5.44. The Kier molecular flexibility index (Phi) is 5.77. The number of epoxide rings is 1. The van der Waals surface area contributed by atoms with E-state index in [1.54, 1.807) is 14.2 Å². The average molecular weight is 234 g/mol. The van der Waals surface area contributed by atoms with Crippen molar-refractivity contribution in [1.82, 2.24) is 0 Å². The molecule has 1 aliphatic heterocycles. The molecule has 15 heavy (non-hydrogen) atoms. The lowest BCUT2D eigenvalue weighted by atomic mass is 10.2. The second-order valence-electron chi connectivity index (χ2n) is 4.03. The van der Waals surface area contributed by atoms with Gasteiger partial charge in [0.2, 0.25) is 0 Å². The lowest BCUT2D eigenvalue weighted by Crippen LogP contribution is -2.34. The molecule has 1 atom stereocenters. The second-order valence-corrected chi connectivity index (χ2v) is 5.55. The van der Waals surface area contributed by atoms with Crippen LogP contribution in [-0.2, 0) is 18.9 Å². The Morgan fingerprint density at radius 1 is 1.33 bits per heavy atom. The summed E-state index contributed by atoms with van der Waals surface area (Å²) >= 11 is 0. The Bertz CT molecular complexity index is 169. The molecule has 0 aromatic carbocycles. The summed E-state index contributed by atoms with van der Waals surface area (Å²) in [5.41, 5.74) is -0.306. The molecule has 0 saturated carbocycles. The highest BCUT2D eigenvalue weighted by molar-refractivity contribution is 6.13. The number of hydrogen-bond acceptors (Lipinski definition) is 4. The topological polar surface area (TPSA) is 40.2 Å². The molecule has 1 fully saturated rings. The van der Waals surface area contributed by atoms with Crippen molar-refractivity contribution in [3.05, 3.63) is 0 Å². The fourth-order valence-corrected chi connectivity index (χ4v) is 1.67. The molecule has 0 aromatic rings. The zero-order valence-corrected chi connectivity index (χ0v) is 12.0. The van der Waals surface area contributed by atoms with Gasteiger partial charge in [0.25, 0.3) is 0 Å². The Balaban J connectivity index is 1.90. The molecule has 0 aromatic heterocycles. The van der Waals surface area contributed by atoms with Gasteiger partial charge in [-0.1, -0.05) is 0 Å². The summed E-state index contributed by atoms with van der Waals surface area (Å²) in [4.78, 5) is 0. The van der Waals surface area contributed by atoms with E-state index < -0.39 is 0 Å². The minimum Gasteiger partial charge on any atom is -0.379 e. The summed E-state index contributed by atoms with van der Waals surface area (Å²) in [7, 11) is 4.30. The van der Waals surface area contributed by atoms with E-state index in [0.717, 1.165) is 49.3 Å². The fraction of sp³-hybridized carbons (Fsp3) is 1.00. The first-order valence-corrected chi connectivity index (χ1v) is 6.50. The largest absolute Gasteiger partial charge is 0.379 e. The molecule has 0 spiro atoms. The van der Waals surface area contributed by atoms with Gasteiger partial charge in [-0.3, -0.25) is 0 Å². The Morgan fingerprint density at radius 2 is 2.00 bits per heavy atom. The molecule has 1 rings (SSSR count). The zero-order chi connectivity index (χ0) is 11.1. The summed E-state index contributed by atoms with van der Waals surface area (Å²) in [6, 6.07) is 0. The van der Waals surface area contributed by atoms with E-state index in [1.165, 1.54) is 0 Å². The zero-order valence-electron chi connectivity index (χ0n) is 9.95. The van der Waals surface area contributed by atoms with Gasteiger partial charge in [-0.25, -0.2) is 0 Å². The Morgan fingerprint density at radius 3 is 2.53 bits per heavy atom. The molecule has 1 aliphatic rings. The first-order chi connectivity index (χ1) is 7.20. The van der Waals surface area contributed by atoms with Gasteiger partial charge in [-0.05, 0) is 19.3 Å². The predicted octanol–water partition coefficient (Wildman–Crippen LogP) is -0.116. The van der Waals surface area contributed by atoms with Gasteiger partial charge in [0.05, 0.1) is 23.5 Å². The highest BCUT2D eigenvalue weighted by atomic mass is 28.1. The number of ether oxygens (including phenoxy) is 4. The van der Waals surface area contributed by atoms with E-state index in [0.29, 0.717) is 6.10 Å². The van der Waals surface area contributed by atoms with Gasteiger partial charge in [-0.2, -0.15) is 0 Å². The molecule has 1 saturated heterocycles. The van der Waals surface area contributed by atoms with Gasteiger partial charge in [0.1, 0.15) is 11.5 Å². The second kappa shape index (κ2) is 6.60. The molecule has 4 nitrogen and oxygen atoms in total. The number of hydrogen-bond donors (Lipinski definition) is 0. The van der Waals surface area contributed by atoms with Crippen LogP contribution in [0.3, 0.4) is 0 Å². The monoisotopic (exact) mass is 234 g/mol. The quantitative estimate of drug-likeness (QED) is 0.241. The molecule has 1 unspecified atom stereocenters. The van der Waals surface area contributed by atoms with Crippen molar-refractivity contribution < 1.29 is 18.9 Å². The number of rotatable bonds is 9. The van der Waals surface area contributed by atoms with Crippen molar-refractivity contribution in [3.63, 3.8) is 0 Å². The maximum absolute atomic E-state index is 5.44. The van der Waals surface area contributed by atoms with Gasteiger partial charge in [0.15, 0.2) is 0 Å². The average Bonchev–Trinajstić information content (AvgIpc) is 3.06. The molecule has 0 radical (unpaired) electrons. The van der Waals surface area contributed by atoms with Crippen LogP contribution in [0.4, 0.5) is 0 Å². The normalized spacial score (nSPS) is 20.8. The molecule has 1 heterocycles. The van der Waals surface area contributed by atoms with Crippen LogP contribution in [0.15, 0.2) is 0 Å². The summed E-state index contributed by atoms with van der Waals surface area (Å²) in [5.74, 6) is 0. The van der Waals surface area contributed by atoms with E-state index in [9.17, 15) is 0 Å². The van der Waals surface area contributed by atoms with Crippen molar-refractivity contribution in [2.45, 2.75) is 30.8 Å². The van der Waals surface area contributed by atoms with Crippen LogP contribution < -0.4 is 0 Å². The van der Waals surface area contributed by atoms with Crippen molar-refractivity contribution >= 4 is 10.2 Å². The van der Waals surface area contributed by atoms with E-state index in [2.05, 4.69) is 0 Å². The van der Waals surface area contributed by atoms with Gasteiger partial charge < -0.3 is 18.9 Å². The lowest BCUT2D eigenvalue weighted by Gasteiger charge is -2.26. The van der Waals surface area contributed by atoms with Crippen LogP contribution in [0.5, 0.6) is 0 Å². The Hall–Kier alpha value is 0.0569. The first kappa shape index (κ1) is 13.1. The molecule has 0 bridgehead atoms.